The Kier molecular flexibility index (Phi) is 3.08. The van der Waals surface area contributed by atoms with Crippen molar-refractivity contribution < 1.29 is 24.9 Å². The lowest BCUT2D eigenvalue weighted by atomic mass is 10.0. The molecule has 8 heteroatoms. The summed E-state index contributed by atoms with van der Waals surface area (Å²) in [6.45, 7) is -0.481. The van der Waals surface area contributed by atoms with Gasteiger partial charge in [-0.05, 0) is 0 Å². The normalized spacial score (nSPS) is 40.9. The molecule has 1 unspecified atom stereocenters. The van der Waals surface area contributed by atoms with Crippen LogP contribution in [0.15, 0.2) is 5.10 Å². The molecule has 2 aliphatic rings. The van der Waals surface area contributed by atoms with Crippen LogP contribution < -0.4 is 5.43 Å². The van der Waals surface area contributed by atoms with E-state index in [-0.39, 0.29) is 5.71 Å². The summed E-state index contributed by atoms with van der Waals surface area (Å²) in [7, 11) is 0. The van der Waals surface area contributed by atoms with Crippen molar-refractivity contribution in [1.82, 2.24) is 5.43 Å². The van der Waals surface area contributed by atoms with Gasteiger partial charge in [0.2, 0.25) is 5.78 Å². The summed E-state index contributed by atoms with van der Waals surface area (Å²) in [6, 6.07) is 0.603. The van der Waals surface area contributed by atoms with Crippen molar-refractivity contribution in [3.63, 3.8) is 0 Å². The second-order valence-electron chi connectivity index (χ2n) is 3.81. The van der Waals surface area contributed by atoms with Crippen LogP contribution in [0.4, 0.5) is 0 Å². The second-order valence-corrected chi connectivity index (χ2v) is 3.81. The molecule has 0 aromatic rings. The average Bonchev–Trinajstić information content (AvgIpc) is 2.82. The smallest absolute Gasteiger partial charge is 0.219 e. The van der Waals surface area contributed by atoms with Crippen molar-refractivity contribution >= 4 is 11.5 Å². The number of rotatable bonds is 2. The van der Waals surface area contributed by atoms with Crippen LogP contribution >= 0.6 is 0 Å². The molecule has 0 aromatic carbocycles. The van der Waals surface area contributed by atoms with Crippen molar-refractivity contribution in [3.8, 4) is 6.07 Å². The average molecular weight is 241 g/mol. The number of hydrogen-bond acceptors (Lipinski definition) is 8. The lowest BCUT2D eigenvalue weighted by Crippen LogP contribution is -2.40. The first kappa shape index (κ1) is 11.9. The molecule has 2 rings (SSSR count). The highest BCUT2D eigenvalue weighted by molar-refractivity contribution is 6.45. The van der Waals surface area contributed by atoms with Gasteiger partial charge in [-0.1, -0.05) is 0 Å². The van der Waals surface area contributed by atoms with Crippen LogP contribution in [0.2, 0.25) is 0 Å². The molecule has 0 bridgehead atoms. The van der Waals surface area contributed by atoms with Gasteiger partial charge in [-0.15, -0.1) is 0 Å². The summed E-state index contributed by atoms with van der Waals surface area (Å²) >= 11 is 0. The van der Waals surface area contributed by atoms with E-state index in [1.54, 1.807) is 6.07 Å². The summed E-state index contributed by atoms with van der Waals surface area (Å²) in [5.74, 6) is -0.595. The minimum absolute atomic E-state index is 0.140. The molecule has 0 saturated carbocycles. The van der Waals surface area contributed by atoms with Gasteiger partial charge in [0.05, 0.1) is 12.7 Å². The molecule has 4 N–H and O–H groups in total. The standard InChI is InChI=1S/C9H11N3O5/c10-1-3-6(14)5(12-11-3)9-8(16)7(15)4(2-13)17-9/h3-4,7-9,11,13,15-16H,2H2/t3?,4-,7-,8-,9+/m1/s1. The number of Topliss-reactive ketones (excluding diaryl/α,β-unsaturated/α-hetero) is 1. The maximum Gasteiger partial charge on any atom is 0.219 e. The zero-order chi connectivity index (χ0) is 12.6. The largest absolute Gasteiger partial charge is 0.394 e. The molecule has 17 heavy (non-hydrogen) atoms. The molecule has 2 aliphatic heterocycles. The van der Waals surface area contributed by atoms with E-state index in [1.165, 1.54) is 0 Å². The van der Waals surface area contributed by atoms with Gasteiger partial charge in [0, 0.05) is 0 Å². The predicted octanol–water partition coefficient (Wildman–Crippen LogP) is -3.11. The van der Waals surface area contributed by atoms with Gasteiger partial charge < -0.3 is 20.1 Å². The first-order valence-electron chi connectivity index (χ1n) is 4.99. The van der Waals surface area contributed by atoms with Crippen LogP contribution in [0.25, 0.3) is 0 Å². The summed E-state index contributed by atoms with van der Waals surface area (Å²) in [5, 5.41) is 40.3. The molecule has 0 radical (unpaired) electrons. The molecule has 8 nitrogen and oxygen atoms in total. The summed E-state index contributed by atoms with van der Waals surface area (Å²) in [5.41, 5.74) is 2.15. The molecule has 0 aliphatic carbocycles. The lowest BCUT2D eigenvalue weighted by molar-refractivity contribution is -0.113. The van der Waals surface area contributed by atoms with E-state index in [2.05, 4.69) is 10.5 Å². The third kappa shape index (κ3) is 1.79. The van der Waals surface area contributed by atoms with Gasteiger partial charge in [0.25, 0.3) is 0 Å². The molecular formula is C9H11N3O5. The SMILES string of the molecule is N#CC1NN=C([C@@H]2O[C@H](CO)[C@@H](O)[C@H]2O)C1=O. The van der Waals surface area contributed by atoms with Crippen molar-refractivity contribution in [2.45, 2.75) is 30.5 Å². The highest BCUT2D eigenvalue weighted by Crippen LogP contribution is 2.23. The first-order valence-corrected chi connectivity index (χ1v) is 4.99. The number of nitrogens with one attached hydrogen (secondary N) is 1. The van der Waals surface area contributed by atoms with Crippen molar-refractivity contribution in [2.24, 2.45) is 5.10 Å². The Morgan fingerprint density at radius 1 is 1.47 bits per heavy atom. The quantitative estimate of drug-likeness (QED) is 0.402. The van der Waals surface area contributed by atoms with Crippen LogP contribution in [-0.2, 0) is 9.53 Å². The van der Waals surface area contributed by atoms with Gasteiger partial charge in [-0.2, -0.15) is 10.4 Å². The summed E-state index contributed by atoms with van der Waals surface area (Å²) in [4.78, 5) is 11.6. The number of aliphatic hydroxyl groups is 3. The lowest BCUT2D eigenvalue weighted by Gasteiger charge is -2.12. The molecule has 5 atom stereocenters. The Bertz CT molecular complexity index is 404. The summed E-state index contributed by atoms with van der Waals surface area (Å²) < 4.78 is 5.13. The fourth-order valence-electron chi connectivity index (χ4n) is 1.81. The van der Waals surface area contributed by atoms with Crippen molar-refractivity contribution in [3.05, 3.63) is 0 Å². The molecule has 0 aromatic heterocycles. The van der Waals surface area contributed by atoms with Gasteiger partial charge >= 0.3 is 0 Å². The molecule has 0 amide bonds. The fourth-order valence-corrected chi connectivity index (χ4v) is 1.81. The summed E-state index contributed by atoms with van der Waals surface area (Å²) in [6.07, 6.45) is -4.73. The van der Waals surface area contributed by atoms with Crippen molar-refractivity contribution in [1.29, 1.82) is 5.26 Å². The van der Waals surface area contributed by atoms with Crippen molar-refractivity contribution in [2.75, 3.05) is 6.61 Å². The van der Waals surface area contributed by atoms with Gasteiger partial charge in [0.1, 0.15) is 30.1 Å². The highest BCUT2D eigenvalue weighted by atomic mass is 16.6. The number of nitriles is 1. The number of ether oxygens (including phenoxy) is 1. The number of carbonyl (C=O) groups is 1. The zero-order valence-electron chi connectivity index (χ0n) is 8.65. The number of hydrogen-bond donors (Lipinski definition) is 4. The number of ketones is 1. The Hall–Kier alpha value is -1.53. The highest BCUT2D eigenvalue weighted by Gasteiger charge is 2.48. The van der Waals surface area contributed by atoms with Crippen LogP contribution in [0.5, 0.6) is 0 Å². The third-order valence-electron chi connectivity index (χ3n) is 2.77. The van der Waals surface area contributed by atoms with Crippen LogP contribution in [0, 0.1) is 11.3 Å². The van der Waals surface area contributed by atoms with Crippen LogP contribution in [-0.4, -0.2) is 63.9 Å². The van der Waals surface area contributed by atoms with E-state index < -0.39 is 42.8 Å². The minimum Gasteiger partial charge on any atom is -0.394 e. The maximum absolute atomic E-state index is 11.6. The monoisotopic (exact) mass is 241 g/mol. The van der Waals surface area contributed by atoms with Gasteiger partial charge in [-0.25, -0.2) is 0 Å². The van der Waals surface area contributed by atoms with E-state index in [9.17, 15) is 15.0 Å². The topological polar surface area (TPSA) is 135 Å². The number of hydrazone groups is 1. The molecule has 92 valence electrons. The molecule has 1 saturated heterocycles. The van der Waals surface area contributed by atoms with E-state index in [4.69, 9.17) is 15.1 Å². The first-order chi connectivity index (χ1) is 8.10. The molecule has 0 spiro atoms. The maximum atomic E-state index is 11.6. The van der Waals surface area contributed by atoms with E-state index in [0.29, 0.717) is 0 Å². The second kappa shape index (κ2) is 4.38. The Morgan fingerprint density at radius 2 is 2.18 bits per heavy atom. The van der Waals surface area contributed by atoms with Gasteiger partial charge in [-0.3, -0.25) is 10.2 Å². The Balaban J connectivity index is 2.16. The molecule has 1 fully saturated rings. The Morgan fingerprint density at radius 3 is 2.65 bits per heavy atom. The predicted molar refractivity (Wildman–Crippen MR) is 52.7 cm³/mol. The van der Waals surface area contributed by atoms with E-state index in [1.807, 2.05) is 0 Å². The minimum atomic E-state index is -1.35. The third-order valence-corrected chi connectivity index (χ3v) is 2.77. The van der Waals surface area contributed by atoms with E-state index in [0.717, 1.165) is 0 Å². The van der Waals surface area contributed by atoms with Crippen LogP contribution in [0.3, 0.4) is 0 Å². The molecular weight excluding hydrogens is 230 g/mol. The Labute approximate surface area is 96.1 Å². The van der Waals surface area contributed by atoms with Crippen LogP contribution in [0.1, 0.15) is 0 Å². The fraction of sp³-hybridized carbons (Fsp3) is 0.667. The number of carbonyl (C=O) groups excluding carboxylic acids is 1. The number of aliphatic hydroxyl groups excluding tert-OH is 3. The number of nitrogens with zero attached hydrogens (tertiary/aromatic N) is 2. The van der Waals surface area contributed by atoms with E-state index >= 15 is 0 Å². The zero-order valence-corrected chi connectivity index (χ0v) is 8.65. The molecule has 2 heterocycles. The van der Waals surface area contributed by atoms with Gasteiger partial charge in [0.15, 0.2) is 6.04 Å².